The summed E-state index contributed by atoms with van der Waals surface area (Å²) in [5, 5.41) is 31.7. The first kappa shape index (κ1) is 16.9. The second-order valence-electron chi connectivity index (χ2n) is 5.23. The lowest BCUT2D eigenvalue weighted by molar-refractivity contribution is -0.273. The molecule has 2 rings (SSSR count). The van der Waals surface area contributed by atoms with E-state index >= 15 is 0 Å². The molecule has 1 amide bonds. The van der Waals surface area contributed by atoms with E-state index in [2.05, 4.69) is 5.32 Å². The molecule has 0 bridgehead atoms. The Balaban J connectivity index is 2.07. The van der Waals surface area contributed by atoms with Gasteiger partial charge in [-0.1, -0.05) is 30.3 Å². The fourth-order valence-corrected chi connectivity index (χ4v) is 2.37. The molecule has 22 heavy (non-hydrogen) atoms. The molecule has 7 heteroatoms. The van der Waals surface area contributed by atoms with Crippen molar-refractivity contribution in [3.63, 3.8) is 0 Å². The molecule has 1 aromatic carbocycles. The molecule has 1 aliphatic rings. The van der Waals surface area contributed by atoms with E-state index in [1.165, 1.54) is 6.92 Å². The lowest BCUT2D eigenvalue weighted by Gasteiger charge is -2.42. The molecule has 0 spiro atoms. The van der Waals surface area contributed by atoms with Crippen molar-refractivity contribution < 1.29 is 29.6 Å². The quantitative estimate of drug-likeness (QED) is 0.564. The van der Waals surface area contributed by atoms with Gasteiger partial charge in [0.05, 0.1) is 13.2 Å². The fourth-order valence-electron chi connectivity index (χ4n) is 2.37. The minimum atomic E-state index is -1.31. The maximum atomic E-state index is 11.3. The average molecular weight is 311 g/mol. The smallest absolute Gasteiger partial charge is 0.217 e. The molecule has 0 aromatic heterocycles. The van der Waals surface area contributed by atoms with Crippen molar-refractivity contribution in [2.24, 2.45) is 0 Å². The molecule has 0 radical (unpaired) electrons. The maximum absolute atomic E-state index is 11.3. The van der Waals surface area contributed by atoms with Crippen molar-refractivity contribution in [2.45, 2.75) is 44.2 Å². The van der Waals surface area contributed by atoms with Crippen LogP contribution in [-0.4, -0.2) is 58.5 Å². The summed E-state index contributed by atoms with van der Waals surface area (Å²) in [5.41, 5.74) is 0.897. The van der Waals surface area contributed by atoms with Gasteiger partial charge in [0.2, 0.25) is 5.91 Å². The van der Waals surface area contributed by atoms with Gasteiger partial charge < -0.3 is 30.1 Å². The number of amides is 1. The molecule has 0 saturated carbocycles. The van der Waals surface area contributed by atoms with E-state index in [1.807, 2.05) is 30.3 Å². The van der Waals surface area contributed by atoms with Crippen LogP contribution in [0.4, 0.5) is 0 Å². The minimum Gasteiger partial charge on any atom is -0.394 e. The van der Waals surface area contributed by atoms with Gasteiger partial charge >= 0.3 is 0 Å². The molecule has 2 unspecified atom stereocenters. The number of carbonyl (C=O) groups excluding carboxylic acids is 1. The third kappa shape index (κ3) is 4.02. The predicted octanol–water partition coefficient (Wildman–Crippen LogP) is -0.853. The van der Waals surface area contributed by atoms with Gasteiger partial charge in [0, 0.05) is 6.92 Å². The van der Waals surface area contributed by atoms with Gasteiger partial charge in [-0.15, -0.1) is 0 Å². The first-order chi connectivity index (χ1) is 10.5. The number of hydrogen-bond donors (Lipinski definition) is 4. The summed E-state index contributed by atoms with van der Waals surface area (Å²) in [6, 6.07) is 8.42. The molecule has 5 atom stereocenters. The highest BCUT2D eigenvalue weighted by atomic mass is 16.7. The second-order valence-corrected chi connectivity index (χ2v) is 5.23. The number of rotatable bonds is 5. The van der Waals surface area contributed by atoms with Gasteiger partial charge in [0.15, 0.2) is 6.29 Å². The summed E-state index contributed by atoms with van der Waals surface area (Å²) in [7, 11) is 0. The molecule has 0 aliphatic carbocycles. The molecule has 4 N–H and O–H groups in total. The van der Waals surface area contributed by atoms with E-state index in [0.29, 0.717) is 0 Å². The molecule has 1 aromatic rings. The summed E-state index contributed by atoms with van der Waals surface area (Å²) in [5.74, 6) is -0.379. The standard InChI is InChI=1S/C15H21NO6/c1-9(18)16-12-14(20)13(19)11(7-17)22-15(12)21-8-10-5-3-2-4-6-10/h2-6,11-15,17,19-20H,7-8H2,1H3,(H,16,18)/t11?,12?,13-,14+,15+/m1/s1. The van der Waals surface area contributed by atoms with Crippen molar-refractivity contribution >= 4 is 5.91 Å². The highest BCUT2D eigenvalue weighted by Crippen LogP contribution is 2.23. The summed E-state index contributed by atoms with van der Waals surface area (Å²) in [4.78, 5) is 11.3. The van der Waals surface area contributed by atoms with Crippen LogP contribution >= 0.6 is 0 Å². The van der Waals surface area contributed by atoms with Crippen molar-refractivity contribution in [1.82, 2.24) is 5.32 Å². The lowest BCUT2D eigenvalue weighted by atomic mass is 9.97. The normalized spacial score (nSPS) is 31.7. The minimum absolute atomic E-state index is 0.211. The zero-order chi connectivity index (χ0) is 16.1. The second kappa shape index (κ2) is 7.66. The van der Waals surface area contributed by atoms with Gasteiger partial charge in [0.25, 0.3) is 0 Å². The van der Waals surface area contributed by atoms with E-state index < -0.39 is 37.3 Å². The number of benzene rings is 1. The Morgan fingerprint density at radius 2 is 1.95 bits per heavy atom. The Morgan fingerprint density at radius 1 is 1.27 bits per heavy atom. The van der Waals surface area contributed by atoms with Crippen molar-refractivity contribution in [3.05, 3.63) is 35.9 Å². The monoisotopic (exact) mass is 311 g/mol. The SMILES string of the molecule is CC(=O)NC1[C@@H](OCc2ccccc2)OC(CO)[C@@H](O)[C@H]1O. The molecular formula is C15H21NO6. The number of nitrogens with one attached hydrogen (secondary N) is 1. The number of carbonyl (C=O) groups is 1. The number of ether oxygens (including phenoxy) is 2. The highest BCUT2D eigenvalue weighted by Gasteiger charge is 2.45. The zero-order valence-electron chi connectivity index (χ0n) is 12.3. The van der Waals surface area contributed by atoms with Crippen molar-refractivity contribution in [2.75, 3.05) is 6.61 Å². The predicted molar refractivity (Wildman–Crippen MR) is 76.6 cm³/mol. The average Bonchev–Trinajstić information content (AvgIpc) is 2.52. The van der Waals surface area contributed by atoms with Crippen LogP contribution in [0.2, 0.25) is 0 Å². The first-order valence-electron chi connectivity index (χ1n) is 7.08. The number of aliphatic hydroxyl groups excluding tert-OH is 3. The van der Waals surface area contributed by atoms with E-state index in [1.54, 1.807) is 0 Å². The molecule has 1 fully saturated rings. The Kier molecular flexibility index (Phi) is 5.87. The van der Waals surface area contributed by atoms with E-state index in [4.69, 9.17) is 9.47 Å². The zero-order valence-corrected chi connectivity index (χ0v) is 12.3. The fraction of sp³-hybridized carbons (Fsp3) is 0.533. The van der Waals surface area contributed by atoms with Crippen LogP contribution in [0.3, 0.4) is 0 Å². The maximum Gasteiger partial charge on any atom is 0.217 e. The molecule has 7 nitrogen and oxygen atoms in total. The van der Waals surface area contributed by atoms with Crippen LogP contribution in [0.5, 0.6) is 0 Å². The molecule has 1 aliphatic heterocycles. The van der Waals surface area contributed by atoms with E-state index in [-0.39, 0.29) is 12.5 Å². The van der Waals surface area contributed by atoms with Gasteiger partial charge in [-0.05, 0) is 5.56 Å². The number of aliphatic hydroxyl groups is 3. The third-order valence-electron chi connectivity index (χ3n) is 3.51. The van der Waals surface area contributed by atoms with Crippen LogP contribution in [0, 0.1) is 0 Å². The van der Waals surface area contributed by atoms with Gasteiger partial charge in [-0.25, -0.2) is 0 Å². The summed E-state index contributed by atoms with van der Waals surface area (Å²) in [6.45, 7) is 1.05. The van der Waals surface area contributed by atoms with Crippen LogP contribution in [0.15, 0.2) is 30.3 Å². The van der Waals surface area contributed by atoms with Crippen LogP contribution in [0.1, 0.15) is 12.5 Å². The number of hydrogen-bond acceptors (Lipinski definition) is 6. The van der Waals surface area contributed by atoms with Gasteiger partial charge in [-0.3, -0.25) is 4.79 Å². The van der Waals surface area contributed by atoms with Crippen LogP contribution < -0.4 is 5.32 Å². The topological polar surface area (TPSA) is 108 Å². The third-order valence-corrected chi connectivity index (χ3v) is 3.51. The summed E-state index contributed by atoms with van der Waals surface area (Å²) < 4.78 is 11.1. The van der Waals surface area contributed by atoms with Gasteiger partial charge in [-0.2, -0.15) is 0 Å². The molecular weight excluding hydrogens is 290 g/mol. The largest absolute Gasteiger partial charge is 0.394 e. The Labute approximate surface area is 128 Å². The lowest BCUT2D eigenvalue weighted by Crippen LogP contribution is -2.64. The van der Waals surface area contributed by atoms with Crippen LogP contribution in [0.25, 0.3) is 0 Å². The van der Waals surface area contributed by atoms with Crippen molar-refractivity contribution in [1.29, 1.82) is 0 Å². The Morgan fingerprint density at radius 3 is 2.55 bits per heavy atom. The van der Waals surface area contributed by atoms with Gasteiger partial charge in [0.1, 0.15) is 24.4 Å². The Bertz CT molecular complexity index is 482. The van der Waals surface area contributed by atoms with E-state index in [0.717, 1.165) is 5.56 Å². The Hall–Kier alpha value is -1.51. The first-order valence-corrected chi connectivity index (χ1v) is 7.08. The summed E-state index contributed by atoms with van der Waals surface area (Å²) in [6.07, 6.45) is -4.55. The molecule has 122 valence electrons. The van der Waals surface area contributed by atoms with Crippen LogP contribution in [-0.2, 0) is 20.9 Å². The summed E-state index contributed by atoms with van der Waals surface area (Å²) >= 11 is 0. The van der Waals surface area contributed by atoms with Crippen molar-refractivity contribution in [3.8, 4) is 0 Å². The molecule has 1 saturated heterocycles. The van der Waals surface area contributed by atoms with E-state index in [9.17, 15) is 20.1 Å². The highest BCUT2D eigenvalue weighted by molar-refractivity contribution is 5.73. The molecule has 1 heterocycles.